The minimum Gasteiger partial charge on any atom is -0.456 e. The highest BCUT2D eigenvalue weighted by Gasteiger charge is 2.22. The van der Waals surface area contributed by atoms with Crippen molar-refractivity contribution >= 4 is 130 Å². The highest BCUT2D eigenvalue weighted by Crippen LogP contribution is 2.46. The maximum atomic E-state index is 7.71. The first-order chi connectivity index (χ1) is 35.6. The predicted octanol–water partition coefficient (Wildman–Crippen LogP) is 18.7. The smallest absolute Gasteiger partial charge is 0.187 e. The van der Waals surface area contributed by atoms with Gasteiger partial charge in [0, 0.05) is 88.0 Å². The molecule has 0 N–H and O–H groups in total. The molecular weight excluding hydrogens is 899 g/mol. The number of anilines is 3. The van der Waals surface area contributed by atoms with Gasteiger partial charge in [-0.3, -0.25) is 9.97 Å². The Balaban J connectivity index is 1.02. The maximum Gasteiger partial charge on any atom is 0.187 e. The average molecular weight is 936 g/mol. The van der Waals surface area contributed by atoms with Crippen LogP contribution in [0, 0.1) is 6.57 Å². The molecule has 0 aliphatic heterocycles. The normalized spacial score (nSPS) is 11.9. The van der Waals surface area contributed by atoms with Crippen LogP contribution >= 0.6 is 11.3 Å². The Kier molecular flexibility index (Phi) is 8.79. The van der Waals surface area contributed by atoms with Crippen molar-refractivity contribution in [1.29, 1.82) is 0 Å². The molecule has 0 aliphatic rings. The van der Waals surface area contributed by atoms with Gasteiger partial charge in [0.1, 0.15) is 11.2 Å². The molecule has 0 saturated heterocycles. The van der Waals surface area contributed by atoms with Crippen molar-refractivity contribution in [2.75, 3.05) is 4.90 Å². The average Bonchev–Trinajstić information content (AvgIpc) is 4.11. The third-order valence-electron chi connectivity index (χ3n) is 14.4. The minimum absolute atomic E-state index is 0.598. The summed E-state index contributed by atoms with van der Waals surface area (Å²) in [5.41, 5.74) is 12.1. The van der Waals surface area contributed by atoms with Crippen LogP contribution in [-0.2, 0) is 0 Å². The fraction of sp³-hybridized carbons (Fsp3) is 0. The molecule has 5 heterocycles. The van der Waals surface area contributed by atoms with Crippen molar-refractivity contribution in [3.8, 4) is 28.2 Å². The molecule has 0 amide bonds. The number of nitrogens with zero attached hydrogens (tertiary/aromatic N) is 5. The predicted molar refractivity (Wildman–Crippen MR) is 301 cm³/mol. The van der Waals surface area contributed by atoms with Gasteiger partial charge in [0.25, 0.3) is 0 Å². The first kappa shape index (κ1) is 40.3. The van der Waals surface area contributed by atoms with Crippen molar-refractivity contribution in [3.05, 3.63) is 236 Å². The molecule has 0 radical (unpaired) electrons. The lowest BCUT2D eigenvalue weighted by atomic mass is 9.93. The zero-order valence-corrected chi connectivity index (χ0v) is 39.2. The van der Waals surface area contributed by atoms with Crippen LogP contribution in [0.5, 0.6) is 0 Å². The van der Waals surface area contributed by atoms with E-state index in [2.05, 4.69) is 178 Å². The molecule has 7 heteroatoms. The van der Waals surface area contributed by atoms with Gasteiger partial charge in [-0.1, -0.05) is 91.0 Å². The van der Waals surface area contributed by atoms with Gasteiger partial charge in [0.2, 0.25) is 0 Å². The Labute approximate surface area is 416 Å². The summed E-state index contributed by atoms with van der Waals surface area (Å²) in [6.45, 7) is 7.71. The summed E-state index contributed by atoms with van der Waals surface area (Å²) in [6, 6.07) is 75.5. The minimum atomic E-state index is 0.598. The molecule has 0 spiro atoms. The summed E-state index contributed by atoms with van der Waals surface area (Å²) in [4.78, 5) is 15.7. The van der Waals surface area contributed by atoms with Gasteiger partial charge in [-0.2, -0.15) is 0 Å². The van der Waals surface area contributed by atoms with Crippen molar-refractivity contribution in [1.82, 2.24) is 14.5 Å². The molecule has 0 bridgehead atoms. The van der Waals surface area contributed by atoms with E-state index in [0.717, 1.165) is 89.0 Å². The zero-order chi connectivity index (χ0) is 47.4. The molecule has 10 aromatic carbocycles. The number of fused-ring (bicyclic) bond motifs is 15. The second kappa shape index (κ2) is 15.7. The molecule has 6 nitrogen and oxygen atoms in total. The van der Waals surface area contributed by atoms with Crippen LogP contribution in [0.4, 0.5) is 22.7 Å². The molecule has 15 rings (SSSR count). The first-order valence-electron chi connectivity index (χ1n) is 24.0. The molecule has 0 unspecified atom stereocenters. The van der Waals surface area contributed by atoms with Gasteiger partial charge in [-0.05, 0) is 154 Å². The van der Waals surface area contributed by atoms with Crippen LogP contribution in [-0.4, -0.2) is 14.5 Å². The number of rotatable bonds is 6. The zero-order valence-electron chi connectivity index (χ0n) is 38.4. The molecule has 0 aliphatic carbocycles. The summed E-state index contributed by atoms with van der Waals surface area (Å²) in [6.07, 6.45) is 3.71. The molecule has 334 valence electrons. The number of aromatic nitrogens is 3. The van der Waals surface area contributed by atoms with Crippen molar-refractivity contribution < 1.29 is 4.42 Å². The van der Waals surface area contributed by atoms with Gasteiger partial charge in [0.15, 0.2) is 5.69 Å². The third-order valence-corrected chi connectivity index (χ3v) is 15.6. The van der Waals surface area contributed by atoms with E-state index in [1.165, 1.54) is 52.5 Å². The monoisotopic (exact) mass is 935 g/mol. The SMILES string of the molecule is [C-]#[N+]c1ccc(N(c2ccc3oc4cc5c6cc7c8ccccc8c8ccccc8c7cc6n(-c6cc(-c7ccccn7)cc(-c7ccccn7)c6)c5cc4c3c2)c2ccc3sc4ccccc4c3c2)cc1. The number of hydrogen-bond donors (Lipinski definition) is 0. The Bertz CT molecular complexity index is 4700. The number of furan rings is 1. The number of benzene rings is 10. The maximum absolute atomic E-state index is 7.71. The Morgan fingerprint density at radius 3 is 1.58 bits per heavy atom. The molecule has 0 saturated carbocycles. The summed E-state index contributed by atoms with van der Waals surface area (Å²) in [5.74, 6) is 0. The van der Waals surface area contributed by atoms with E-state index in [-0.39, 0.29) is 0 Å². The fourth-order valence-electron chi connectivity index (χ4n) is 11.2. The largest absolute Gasteiger partial charge is 0.456 e. The van der Waals surface area contributed by atoms with Crippen LogP contribution in [0.25, 0.3) is 129 Å². The lowest BCUT2D eigenvalue weighted by Gasteiger charge is -2.26. The van der Waals surface area contributed by atoms with E-state index in [1.54, 1.807) is 0 Å². The fourth-order valence-corrected chi connectivity index (χ4v) is 12.3. The quantitative estimate of drug-likeness (QED) is 0.123. The van der Waals surface area contributed by atoms with Gasteiger partial charge in [-0.25, -0.2) is 4.85 Å². The summed E-state index contributed by atoms with van der Waals surface area (Å²) < 4.78 is 11.8. The van der Waals surface area contributed by atoms with E-state index in [9.17, 15) is 0 Å². The van der Waals surface area contributed by atoms with Crippen LogP contribution in [0.3, 0.4) is 0 Å². The molecular formula is C65H37N5OS. The van der Waals surface area contributed by atoms with Crippen LogP contribution in [0.1, 0.15) is 0 Å². The Morgan fingerprint density at radius 2 is 0.931 bits per heavy atom. The highest BCUT2D eigenvalue weighted by atomic mass is 32.1. The van der Waals surface area contributed by atoms with E-state index >= 15 is 0 Å². The second-order valence-corrected chi connectivity index (χ2v) is 19.5. The standard InChI is InChI=1S/C65H37N5OS/c1-66-41-20-22-42(23-21-41)69(44-25-27-65-57(34-44)50-16-6-7-19-64(50)72-65)43-24-26-62-55(33-43)56-37-61-54(38-63(56)71-62)53-35-51-48-14-4-2-12-46(48)47-13-3-5-15-49(47)52(51)36-60(53)70(61)45-31-39(58-17-8-10-28-67-58)30-40(32-45)59-18-9-11-29-68-59/h2-38H. The van der Waals surface area contributed by atoms with Gasteiger partial charge in [-0.15, -0.1) is 11.3 Å². The summed E-state index contributed by atoms with van der Waals surface area (Å²) >= 11 is 1.81. The summed E-state index contributed by atoms with van der Waals surface area (Å²) in [5, 5.41) is 14.0. The Hall–Kier alpha value is -9.61. The summed E-state index contributed by atoms with van der Waals surface area (Å²) in [7, 11) is 0. The number of thiophene rings is 1. The van der Waals surface area contributed by atoms with E-state index in [0.29, 0.717) is 5.69 Å². The van der Waals surface area contributed by atoms with Gasteiger partial charge in [0.05, 0.1) is 29.0 Å². The van der Waals surface area contributed by atoms with Gasteiger partial charge < -0.3 is 13.9 Å². The second-order valence-electron chi connectivity index (χ2n) is 18.4. The van der Waals surface area contributed by atoms with Crippen molar-refractivity contribution in [3.63, 3.8) is 0 Å². The molecule has 0 fully saturated rings. The third kappa shape index (κ3) is 6.20. The van der Waals surface area contributed by atoms with Gasteiger partial charge >= 0.3 is 0 Å². The Morgan fingerprint density at radius 1 is 0.403 bits per heavy atom. The van der Waals surface area contributed by atoms with E-state index in [4.69, 9.17) is 21.0 Å². The van der Waals surface area contributed by atoms with Crippen LogP contribution in [0.2, 0.25) is 0 Å². The van der Waals surface area contributed by atoms with E-state index in [1.807, 2.05) is 72.3 Å². The molecule has 5 aromatic heterocycles. The highest BCUT2D eigenvalue weighted by molar-refractivity contribution is 7.25. The van der Waals surface area contributed by atoms with Crippen molar-refractivity contribution in [2.24, 2.45) is 0 Å². The van der Waals surface area contributed by atoms with Crippen LogP contribution < -0.4 is 4.90 Å². The molecule has 72 heavy (non-hydrogen) atoms. The first-order valence-corrected chi connectivity index (χ1v) is 24.8. The van der Waals surface area contributed by atoms with E-state index < -0.39 is 0 Å². The lowest BCUT2D eigenvalue weighted by Crippen LogP contribution is -2.09. The lowest BCUT2D eigenvalue weighted by molar-refractivity contribution is 0.669. The number of hydrogen-bond acceptors (Lipinski definition) is 5. The van der Waals surface area contributed by atoms with Crippen LogP contribution in [0.15, 0.2) is 229 Å². The molecule has 15 aromatic rings. The molecule has 0 atom stereocenters. The van der Waals surface area contributed by atoms with Crippen molar-refractivity contribution in [2.45, 2.75) is 0 Å². The topological polar surface area (TPSA) is 51.5 Å². The number of pyridine rings is 2.